The zero-order valence-electron chi connectivity index (χ0n) is 17.8. The van der Waals surface area contributed by atoms with Gasteiger partial charge >= 0.3 is 0 Å². The zero-order valence-corrected chi connectivity index (χ0v) is 17.8. The number of carbonyl (C=O) groups is 2. The minimum Gasteiger partial charge on any atom is -0.371 e. The van der Waals surface area contributed by atoms with E-state index in [1.807, 2.05) is 33.0 Å². The zero-order chi connectivity index (χ0) is 21.6. The number of rotatable bonds is 6. The van der Waals surface area contributed by atoms with Crippen LogP contribution in [0, 0.1) is 6.92 Å². The van der Waals surface area contributed by atoms with E-state index in [4.69, 9.17) is 4.98 Å². The molecular formula is C22H26N6O2. The second-order valence-electron chi connectivity index (χ2n) is 7.72. The van der Waals surface area contributed by atoms with Crippen molar-refractivity contribution in [2.45, 2.75) is 39.8 Å². The van der Waals surface area contributed by atoms with Gasteiger partial charge in [-0.15, -0.1) is 6.58 Å². The number of carbonyl (C=O) groups excluding carboxylic acids is 2. The van der Waals surface area contributed by atoms with E-state index >= 15 is 0 Å². The van der Waals surface area contributed by atoms with Crippen LogP contribution in [-0.2, 0) is 6.54 Å². The molecule has 4 rings (SSSR count). The van der Waals surface area contributed by atoms with Crippen LogP contribution in [0.3, 0.4) is 0 Å². The van der Waals surface area contributed by atoms with Crippen LogP contribution in [0.1, 0.15) is 52.9 Å². The molecule has 0 saturated heterocycles. The molecule has 30 heavy (non-hydrogen) atoms. The van der Waals surface area contributed by atoms with Crippen molar-refractivity contribution in [2.75, 3.05) is 23.8 Å². The van der Waals surface area contributed by atoms with Gasteiger partial charge in [-0.05, 0) is 45.4 Å². The van der Waals surface area contributed by atoms with E-state index in [2.05, 4.69) is 26.5 Å². The number of hydrogen-bond donors (Lipinski definition) is 1. The van der Waals surface area contributed by atoms with Crippen LogP contribution in [0.5, 0.6) is 0 Å². The number of amides is 1. The van der Waals surface area contributed by atoms with Crippen molar-refractivity contribution in [2.24, 2.45) is 0 Å². The molecular weight excluding hydrogens is 380 g/mol. The first kappa shape index (κ1) is 19.9. The van der Waals surface area contributed by atoms with E-state index < -0.39 is 0 Å². The standard InChI is InChI=1S/C22H26N6O2/c1-6-8-16-12-26(5)18-11-15(14(4)29)10-17-20(18)28(16)22(23-17)24-21(30)19-9-13(3)25-27(19)7-2/h6,9-11,16H,1,7-8,12H2,2-5H3,(H,23,24,30)/t16-/m0/s1. The van der Waals surface area contributed by atoms with Gasteiger partial charge < -0.3 is 9.47 Å². The number of likely N-dealkylation sites (N-methyl/N-ethyl adjacent to an activating group) is 1. The maximum Gasteiger partial charge on any atom is 0.276 e. The molecule has 0 bridgehead atoms. The lowest BCUT2D eigenvalue weighted by atomic mass is 10.0. The Hall–Kier alpha value is -3.42. The fourth-order valence-electron chi connectivity index (χ4n) is 4.15. The van der Waals surface area contributed by atoms with Crippen LogP contribution >= 0.6 is 0 Å². The van der Waals surface area contributed by atoms with E-state index in [1.165, 1.54) is 0 Å². The van der Waals surface area contributed by atoms with Gasteiger partial charge in [0.15, 0.2) is 5.78 Å². The number of aromatic nitrogens is 4. The number of aryl methyl sites for hydroxylation is 2. The average molecular weight is 406 g/mol. The van der Waals surface area contributed by atoms with Gasteiger partial charge in [0, 0.05) is 25.7 Å². The van der Waals surface area contributed by atoms with E-state index in [0.29, 0.717) is 29.3 Å². The highest BCUT2D eigenvalue weighted by atomic mass is 16.2. The van der Waals surface area contributed by atoms with Crippen molar-refractivity contribution < 1.29 is 9.59 Å². The lowest BCUT2D eigenvalue weighted by molar-refractivity contribution is 0.100. The second kappa shape index (κ2) is 7.44. The molecule has 3 aromatic rings. The second-order valence-corrected chi connectivity index (χ2v) is 7.72. The normalized spacial score (nSPS) is 15.5. The third-order valence-corrected chi connectivity index (χ3v) is 5.53. The molecule has 8 nitrogen and oxygen atoms in total. The van der Waals surface area contributed by atoms with Gasteiger partial charge in [0.05, 0.1) is 28.5 Å². The topological polar surface area (TPSA) is 85.1 Å². The summed E-state index contributed by atoms with van der Waals surface area (Å²) in [6, 6.07) is 5.53. The number of anilines is 2. The number of allylic oxidation sites excluding steroid dienone is 1. The van der Waals surface area contributed by atoms with Crippen LogP contribution in [0.25, 0.3) is 11.0 Å². The Morgan fingerprint density at radius 1 is 1.33 bits per heavy atom. The summed E-state index contributed by atoms with van der Waals surface area (Å²) < 4.78 is 3.74. The summed E-state index contributed by atoms with van der Waals surface area (Å²) in [6.07, 6.45) is 2.61. The lowest BCUT2D eigenvalue weighted by Gasteiger charge is -2.33. The molecule has 8 heteroatoms. The number of ketones is 1. The summed E-state index contributed by atoms with van der Waals surface area (Å²) in [5, 5.41) is 7.34. The number of nitrogens with zero attached hydrogens (tertiary/aromatic N) is 5. The summed E-state index contributed by atoms with van der Waals surface area (Å²) in [5.41, 5.74) is 4.42. The van der Waals surface area contributed by atoms with Crippen LogP contribution < -0.4 is 10.2 Å². The molecule has 0 radical (unpaired) electrons. The SMILES string of the molecule is C=CC[C@H]1CN(C)c2cc(C(C)=O)cc3nc(NC(=O)c4cc(C)nn4CC)n1c23. The summed E-state index contributed by atoms with van der Waals surface area (Å²) in [4.78, 5) is 31.9. The Balaban J connectivity index is 1.86. The van der Waals surface area contributed by atoms with Crippen molar-refractivity contribution in [3.05, 3.63) is 47.8 Å². The highest BCUT2D eigenvalue weighted by molar-refractivity contribution is 6.06. The molecule has 0 aliphatic carbocycles. The number of imidazole rings is 1. The van der Waals surface area contributed by atoms with E-state index in [-0.39, 0.29) is 17.7 Å². The molecule has 3 heterocycles. The Kier molecular flexibility index (Phi) is 4.93. The minimum absolute atomic E-state index is 0.0165. The quantitative estimate of drug-likeness (QED) is 0.500. The van der Waals surface area contributed by atoms with Crippen molar-refractivity contribution in [1.82, 2.24) is 19.3 Å². The van der Waals surface area contributed by atoms with Gasteiger partial charge in [-0.2, -0.15) is 5.10 Å². The molecule has 1 aliphatic rings. The molecule has 1 aromatic carbocycles. The Labute approximate surface area is 175 Å². The highest BCUT2D eigenvalue weighted by Crippen LogP contribution is 2.39. The molecule has 2 aromatic heterocycles. The van der Waals surface area contributed by atoms with Gasteiger partial charge in [-0.25, -0.2) is 4.98 Å². The summed E-state index contributed by atoms with van der Waals surface area (Å²) in [5.74, 6) is 0.198. The van der Waals surface area contributed by atoms with Gasteiger partial charge in [-0.1, -0.05) is 6.08 Å². The summed E-state index contributed by atoms with van der Waals surface area (Å²) in [6.45, 7) is 10.6. The van der Waals surface area contributed by atoms with E-state index in [0.717, 1.165) is 29.9 Å². The van der Waals surface area contributed by atoms with Gasteiger partial charge in [0.25, 0.3) is 5.91 Å². The van der Waals surface area contributed by atoms with Crippen molar-refractivity contribution in [1.29, 1.82) is 0 Å². The van der Waals surface area contributed by atoms with Crippen LogP contribution in [-0.4, -0.2) is 44.6 Å². The molecule has 1 aliphatic heterocycles. The van der Waals surface area contributed by atoms with Crippen molar-refractivity contribution >= 4 is 34.4 Å². The summed E-state index contributed by atoms with van der Waals surface area (Å²) >= 11 is 0. The number of Topliss-reactive ketones (excluding diaryl/α,β-unsaturated/α-hetero) is 1. The summed E-state index contributed by atoms with van der Waals surface area (Å²) in [7, 11) is 2.01. The monoisotopic (exact) mass is 406 g/mol. The minimum atomic E-state index is -0.256. The average Bonchev–Trinajstić information content (AvgIpc) is 3.26. The Morgan fingerprint density at radius 2 is 2.10 bits per heavy atom. The molecule has 156 valence electrons. The predicted octanol–water partition coefficient (Wildman–Crippen LogP) is 3.58. The molecule has 0 fully saturated rings. The molecule has 0 unspecified atom stereocenters. The third kappa shape index (κ3) is 3.18. The van der Waals surface area contributed by atoms with Gasteiger partial charge in [-0.3, -0.25) is 19.6 Å². The Morgan fingerprint density at radius 3 is 2.77 bits per heavy atom. The Bertz CT molecular complexity index is 1170. The van der Waals surface area contributed by atoms with Crippen LogP contribution in [0.4, 0.5) is 11.6 Å². The molecule has 0 spiro atoms. The first-order valence-corrected chi connectivity index (χ1v) is 10.1. The van der Waals surface area contributed by atoms with E-state index in [9.17, 15) is 9.59 Å². The van der Waals surface area contributed by atoms with Crippen molar-refractivity contribution in [3.8, 4) is 0 Å². The maximum atomic E-state index is 13.0. The highest BCUT2D eigenvalue weighted by Gasteiger charge is 2.30. The third-order valence-electron chi connectivity index (χ3n) is 5.53. The van der Waals surface area contributed by atoms with Crippen LogP contribution in [0.15, 0.2) is 30.9 Å². The molecule has 1 amide bonds. The van der Waals surface area contributed by atoms with Gasteiger partial charge in [0.2, 0.25) is 5.95 Å². The van der Waals surface area contributed by atoms with Crippen LogP contribution in [0.2, 0.25) is 0 Å². The maximum absolute atomic E-state index is 13.0. The first-order chi connectivity index (χ1) is 14.3. The fraction of sp³-hybridized carbons (Fsp3) is 0.364. The smallest absolute Gasteiger partial charge is 0.276 e. The number of nitrogens with one attached hydrogen (secondary N) is 1. The number of hydrogen-bond acceptors (Lipinski definition) is 5. The van der Waals surface area contributed by atoms with E-state index in [1.54, 1.807) is 23.7 Å². The van der Waals surface area contributed by atoms with Gasteiger partial charge in [0.1, 0.15) is 5.69 Å². The lowest BCUT2D eigenvalue weighted by Crippen LogP contribution is -2.33. The molecule has 1 N–H and O–H groups in total. The first-order valence-electron chi connectivity index (χ1n) is 10.1. The van der Waals surface area contributed by atoms with Crippen molar-refractivity contribution in [3.63, 3.8) is 0 Å². The predicted molar refractivity (Wildman–Crippen MR) is 117 cm³/mol. The fourth-order valence-corrected chi connectivity index (χ4v) is 4.15. The molecule has 0 saturated carbocycles. The molecule has 1 atom stereocenters. The number of benzene rings is 1. The largest absolute Gasteiger partial charge is 0.371 e.